The highest BCUT2D eigenvalue weighted by Gasteiger charge is 2.08. The van der Waals surface area contributed by atoms with Gasteiger partial charge in [0.25, 0.3) is 0 Å². The molecule has 0 aromatic heterocycles. The van der Waals surface area contributed by atoms with Crippen molar-refractivity contribution in [1.82, 2.24) is 0 Å². The van der Waals surface area contributed by atoms with Gasteiger partial charge in [-0.25, -0.2) is 9.98 Å². The molecule has 4 nitrogen and oxygen atoms in total. The first-order valence-corrected chi connectivity index (χ1v) is 12.6. The maximum absolute atomic E-state index is 6.15. The lowest BCUT2D eigenvalue weighted by Gasteiger charge is -2.11. The quantitative estimate of drug-likeness (QED) is 0.160. The predicted octanol–water partition coefficient (Wildman–Crippen LogP) is 8.28. The predicted molar refractivity (Wildman–Crippen MR) is 154 cm³/mol. The second kappa shape index (κ2) is 12.8. The molecule has 0 atom stereocenters. The summed E-state index contributed by atoms with van der Waals surface area (Å²) >= 11 is 0. The summed E-state index contributed by atoms with van der Waals surface area (Å²) in [6.45, 7) is 0.881. The highest BCUT2D eigenvalue weighted by atomic mass is 16.5. The zero-order chi connectivity index (χ0) is 25.8. The van der Waals surface area contributed by atoms with Crippen molar-refractivity contribution in [2.24, 2.45) is 9.98 Å². The van der Waals surface area contributed by atoms with Crippen LogP contribution in [0, 0.1) is 0 Å². The molecule has 186 valence electrons. The Morgan fingerprint density at radius 1 is 0.395 bits per heavy atom. The molecule has 5 aromatic carbocycles. The van der Waals surface area contributed by atoms with Crippen molar-refractivity contribution >= 4 is 23.2 Å². The SMILES string of the molecule is c1ccc(COC(=Nc2ccc(N=C(OCc3ccccc3)c3ccccc3)cc2)c2ccccc2)cc1. The Bertz CT molecular complexity index is 1350. The lowest BCUT2D eigenvalue weighted by molar-refractivity contribution is 0.293. The molecule has 0 saturated carbocycles. The Hall–Kier alpha value is -4.96. The maximum Gasteiger partial charge on any atom is 0.221 e. The summed E-state index contributed by atoms with van der Waals surface area (Å²) in [7, 11) is 0. The van der Waals surface area contributed by atoms with E-state index in [0.717, 1.165) is 33.6 Å². The first-order valence-electron chi connectivity index (χ1n) is 12.6. The summed E-state index contributed by atoms with van der Waals surface area (Å²) in [4.78, 5) is 9.63. The lowest BCUT2D eigenvalue weighted by Crippen LogP contribution is -2.07. The molecule has 0 aliphatic heterocycles. The van der Waals surface area contributed by atoms with E-state index < -0.39 is 0 Å². The van der Waals surface area contributed by atoms with Gasteiger partial charge in [-0.2, -0.15) is 0 Å². The van der Waals surface area contributed by atoms with E-state index in [-0.39, 0.29) is 0 Å². The zero-order valence-corrected chi connectivity index (χ0v) is 21.0. The Balaban J connectivity index is 1.37. The molecule has 0 unspecified atom stereocenters. The van der Waals surface area contributed by atoms with E-state index in [1.165, 1.54) is 0 Å². The van der Waals surface area contributed by atoms with Gasteiger partial charge in [0.1, 0.15) is 13.2 Å². The van der Waals surface area contributed by atoms with Gasteiger partial charge in [-0.1, -0.05) is 97.1 Å². The van der Waals surface area contributed by atoms with E-state index >= 15 is 0 Å². The number of benzene rings is 5. The number of hydrogen-bond acceptors (Lipinski definition) is 4. The molecule has 0 spiro atoms. The van der Waals surface area contributed by atoms with Gasteiger partial charge in [-0.15, -0.1) is 0 Å². The van der Waals surface area contributed by atoms with E-state index in [0.29, 0.717) is 25.0 Å². The Morgan fingerprint density at radius 3 is 1.05 bits per heavy atom. The fourth-order valence-corrected chi connectivity index (χ4v) is 3.81. The van der Waals surface area contributed by atoms with Crippen LogP contribution in [0.5, 0.6) is 0 Å². The number of aliphatic imine (C=N–C) groups is 2. The molecule has 0 bridgehead atoms. The van der Waals surface area contributed by atoms with Crippen molar-refractivity contribution in [3.63, 3.8) is 0 Å². The fraction of sp³-hybridized carbons (Fsp3) is 0.0588. The Kier molecular flexibility index (Phi) is 8.35. The summed E-state index contributed by atoms with van der Waals surface area (Å²) in [5.41, 5.74) is 5.58. The van der Waals surface area contributed by atoms with Crippen LogP contribution in [0.25, 0.3) is 0 Å². The van der Waals surface area contributed by atoms with E-state index in [9.17, 15) is 0 Å². The molecular weight excluding hydrogens is 468 g/mol. The third-order valence-corrected chi connectivity index (χ3v) is 5.79. The van der Waals surface area contributed by atoms with Gasteiger partial charge < -0.3 is 9.47 Å². The minimum absolute atomic E-state index is 0.441. The van der Waals surface area contributed by atoms with Crippen LogP contribution in [-0.2, 0) is 22.7 Å². The molecule has 5 rings (SSSR count). The van der Waals surface area contributed by atoms with Gasteiger partial charge in [0, 0.05) is 11.1 Å². The summed E-state index contributed by atoms with van der Waals surface area (Å²) in [5.74, 6) is 1.14. The average Bonchev–Trinajstić information content (AvgIpc) is 3.00. The Morgan fingerprint density at radius 2 is 0.711 bits per heavy atom. The molecule has 0 N–H and O–H groups in total. The molecule has 0 saturated heterocycles. The number of rotatable bonds is 8. The first-order chi connectivity index (χ1) is 18.8. The highest BCUT2D eigenvalue weighted by Crippen LogP contribution is 2.22. The van der Waals surface area contributed by atoms with Gasteiger partial charge in [-0.3, -0.25) is 0 Å². The van der Waals surface area contributed by atoms with Crippen LogP contribution in [0.4, 0.5) is 11.4 Å². The van der Waals surface area contributed by atoms with E-state index in [4.69, 9.17) is 19.5 Å². The number of nitrogens with zero attached hydrogens (tertiary/aromatic N) is 2. The van der Waals surface area contributed by atoms with Crippen LogP contribution in [0.15, 0.2) is 156 Å². The number of ether oxygens (including phenoxy) is 2. The molecule has 38 heavy (non-hydrogen) atoms. The smallest absolute Gasteiger partial charge is 0.221 e. The van der Waals surface area contributed by atoms with Crippen molar-refractivity contribution in [2.75, 3.05) is 0 Å². The summed E-state index contributed by atoms with van der Waals surface area (Å²) < 4.78 is 12.3. The van der Waals surface area contributed by atoms with Gasteiger partial charge in [0.2, 0.25) is 11.8 Å². The molecule has 0 aliphatic carbocycles. The highest BCUT2D eigenvalue weighted by molar-refractivity contribution is 5.96. The average molecular weight is 497 g/mol. The minimum atomic E-state index is 0.441. The first kappa shape index (κ1) is 24.7. The molecule has 0 radical (unpaired) electrons. The monoisotopic (exact) mass is 496 g/mol. The van der Waals surface area contributed by atoms with Crippen molar-refractivity contribution < 1.29 is 9.47 Å². The van der Waals surface area contributed by atoms with Crippen LogP contribution < -0.4 is 0 Å². The van der Waals surface area contributed by atoms with E-state index in [2.05, 4.69) is 0 Å². The molecule has 0 aliphatic rings. The van der Waals surface area contributed by atoms with Crippen molar-refractivity contribution in [1.29, 1.82) is 0 Å². The van der Waals surface area contributed by atoms with Gasteiger partial charge in [0.05, 0.1) is 11.4 Å². The summed E-state index contributed by atoms with van der Waals surface area (Å²) in [6, 6.07) is 47.8. The van der Waals surface area contributed by atoms with Gasteiger partial charge >= 0.3 is 0 Å². The van der Waals surface area contributed by atoms with Crippen LogP contribution in [-0.4, -0.2) is 11.8 Å². The van der Waals surface area contributed by atoms with Crippen LogP contribution in [0.1, 0.15) is 22.3 Å². The minimum Gasteiger partial charge on any atom is -0.472 e. The lowest BCUT2D eigenvalue weighted by atomic mass is 10.2. The van der Waals surface area contributed by atoms with E-state index in [1.54, 1.807) is 0 Å². The van der Waals surface area contributed by atoms with Crippen LogP contribution in [0.3, 0.4) is 0 Å². The maximum atomic E-state index is 6.15. The molecule has 4 heteroatoms. The second-order valence-electron chi connectivity index (χ2n) is 8.63. The van der Waals surface area contributed by atoms with Gasteiger partial charge in [-0.05, 0) is 59.7 Å². The molecule has 0 fully saturated rings. The molecule has 5 aromatic rings. The largest absolute Gasteiger partial charge is 0.472 e. The van der Waals surface area contributed by atoms with Crippen molar-refractivity contribution in [2.45, 2.75) is 13.2 Å². The van der Waals surface area contributed by atoms with Crippen molar-refractivity contribution in [3.8, 4) is 0 Å². The third-order valence-electron chi connectivity index (χ3n) is 5.79. The van der Waals surface area contributed by atoms with Crippen LogP contribution >= 0.6 is 0 Å². The zero-order valence-electron chi connectivity index (χ0n) is 21.0. The summed E-state index contributed by atoms with van der Waals surface area (Å²) in [5, 5.41) is 0. The van der Waals surface area contributed by atoms with Gasteiger partial charge in [0.15, 0.2) is 0 Å². The number of hydrogen-bond donors (Lipinski definition) is 0. The molecular formula is C34H28N2O2. The fourth-order valence-electron chi connectivity index (χ4n) is 3.81. The van der Waals surface area contributed by atoms with Crippen LogP contribution in [0.2, 0.25) is 0 Å². The standard InChI is InChI=1S/C34H28N2O2/c1-5-13-27(14-6-1)25-37-33(29-17-9-3-10-18-29)35-31-21-23-32(24-22-31)36-34(30-19-11-4-12-20-30)38-26-28-15-7-2-8-16-28/h1-24H,25-26H2. The molecule has 0 heterocycles. The Labute approximate surface area is 223 Å². The van der Waals surface area contributed by atoms with Crippen molar-refractivity contribution in [3.05, 3.63) is 168 Å². The van der Waals surface area contributed by atoms with E-state index in [1.807, 2.05) is 146 Å². The summed E-state index contributed by atoms with van der Waals surface area (Å²) in [6.07, 6.45) is 0. The topological polar surface area (TPSA) is 43.2 Å². The molecule has 0 amide bonds. The third kappa shape index (κ3) is 7.05. The second-order valence-corrected chi connectivity index (χ2v) is 8.63. The normalized spacial score (nSPS) is 11.7.